The number of aliphatic hydroxyl groups is 1. The molecule has 1 fully saturated rings. The third-order valence-electron chi connectivity index (χ3n) is 5.37. The number of primary amides is 1. The van der Waals surface area contributed by atoms with Crippen LogP contribution in [-0.2, 0) is 21.6 Å². The van der Waals surface area contributed by atoms with Gasteiger partial charge in [0.25, 0.3) is 0 Å². The largest absolute Gasteiger partial charge is 0.417 e. The van der Waals surface area contributed by atoms with Crippen LogP contribution in [0.3, 0.4) is 0 Å². The number of rotatable bonds is 4. The van der Waals surface area contributed by atoms with Crippen molar-refractivity contribution in [2.45, 2.75) is 42.7 Å². The highest BCUT2D eigenvalue weighted by molar-refractivity contribution is 7.92. The summed E-state index contributed by atoms with van der Waals surface area (Å²) < 4.78 is 68.7. The number of carbonyl (C=O) groups is 1. The fourth-order valence-electron chi connectivity index (χ4n) is 3.56. The molecule has 0 aliphatic carbocycles. The smallest absolute Gasteiger partial charge is 0.383 e. The normalized spacial score (nSPS) is 15.8. The van der Waals surface area contributed by atoms with Gasteiger partial charge in [-0.3, -0.25) is 0 Å². The molecule has 4 rings (SSSR count). The van der Waals surface area contributed by atoms with Gasteiger partial charge in [-0.15, -0.1) is 0 Å². The summed E-state index contributed by atoms with van der Waals surface area (Å²) in [6, 6.07) is 2.01. The minimum atomic E-state index is -4.91. The summed E-state index contributed by atoms with van der Waals surface area (Å²) >= 11 is 1.11. The highest BCUT2D eigenvalue weighted by Gasteiger charge is 2.45. The van der Waals surface area contributed by atoms with Crippen LogP contribution >= 0.6 is 11.3 Å². The van der Waals surface area contributed by atoms with E-state index in [1.807, 2.05) is 0 Å². The van der Waals surface area contributed by atoms with Gasteiger partial charge in [0.1, 0.15) is 15.9 Å². The van der Waals surface area contributed by atoms with Gasteiger partial charge >= 0.3 is 12.2 Å². The van der Waals surface area contributed by atoms with Crippen LogP contribution in [0, 0.1) is 6.92 Å². The van der Waals surface area contributed by atoms with E-state index in [1.165, 1.54) is 18.4 Å². The summed E-state index contributed by atoms with van der Waals surface area (Å²) in [7, 11) is -4.44. The van der Waals surface area contributed by atoms with E-state index in [0.29, 0.717) is 21.4 Å². The lowest BCUT2D eigenvalue weighted by Crippen LogP contribution is -2.58. The lowest BCUT2D eigenvalue weighted by Gasteiger charge is -2.37. The standard InChI is InChI=1S/C19H20F3N5O4S2/c1-9-14(27-17(24-9)32-15(25-27)18(2,3)29)10-4-5-12(19(20,21)22)13(6-10)33(30,31)11-7-26(8-11)16(23)28/h4-6,11,29H,7-8H2,1-3H3,(H2,23,28). The Kier molecular flexibility index (Phi) is 5.26. The number of nitrogens with zero attached hydrogens (tertiary/aromatic N) is 4. The lowest BCUT2D eigenvalue weighted by atomic mass is 10.1. The summed E-state index contributed by atoms with van der Waals surface area (Å²) in [6.07, 6.45) is -4.91. The van der Waals surface area contributed by atoms with Crippen molar-refractivity contribution >= 4 is 32.2 Å². The van der Waals surface area contributed by atoms with E-state index in [0.717, 1.165) is 34.4 Å². The molecule has 1 aromatic carbocycles. The third kappa shape index (κ3) is 3.95. The number of nitrogens with two attached hydrogens (primary N) is 1. The number of halogens is 3. The number of aryl methyl sites for hydroxylation is 1. The fourth-order valence-corrected chi connectivity index (χ4v) is 6.40. The lowest BCUT2D eigenvalue weighted by molar-refractivity contribution is -0.139. The molecule has 0 atom stereocenters. The van der Waals surface area contributed by atoms with Crippen LogP contribution in [0.25, 0.3) is 16.2 Å². The van der Waals surface area contributed by atoms with Gasteiger partial charge in [-0.05, 0) is 32.9 Å². The van der Waals surface area contributed by atoms with E-state index in [1.54, 1.807) is 6.92 Å². The van der Waals surface area contributed by atoms with E-state index < -0.39 is 43.4 Å². The quantitative estimate of drug-likeness (QED) is 0.563. The molecule has 0 unspecified atom stereocenters. The SMILES string of the molecule is Cc1nc2sc(C(C)(C)O)nn2c1-c1ccc(C(F)(F)F)c(S(=O)(=O)C2CN(C(N)=O)C2)c1. The van der Waals surface area contributed by atoms with Gasteiger partial charge < -0.3 is 15.7 Å². The molecule has 0 saturated carbocycles. The Hall–Kier alpha value is -2.71. The Morgan fingerprint density at radius 3 is 2.45 bits per heavy atom. The van der Waals surface area contributed by atoms with E-state index in [-0.39, 0.29) is 18.7 Å². The van der Waals surface area contributed by atoms with Crippen LogP contribution in [0.15, 0.2) is 23.1 Å². The molecule has 178 valence electrons. The molecule has 1 saturated heterocycles. The van der Waals surface area contributed by atoms with E-state index >= 15 is 0 Å². The van der Waals surface area contributed by atoms with Crippen molar-refractivity contribution in [3.8, 4) is 11.3 Å². The molecule has 3 N–H and O–H groups in total. The predicted molar refractivity (Wildman–Crippen MR) is 113 cm³/mol. The van der Waals surface area contributed by atoms with Gasteiger partial charge in [0.05, 0.1) is 21.8 Å². The van der Waals surface area contributed by atoms with Gasteiger partial charge in [0.15, 0.2) is 9.84 Å². The van der Waals surface area contributed by atoms with Crippen molar-refractivity contribution in [2.24, 2.45) is 5.73 Å². The summed E-state index contributed by atoms with van der Waals surface area (Å²) in [5.41, 5.74) is 3.47. The van der Waals surface area contributed by atoms with Crippen molar-refractivity contribution in [3.63, 3.8) is 0 Å². The first kappa shape index (κ1) is 23.4. The second kappa shape index (κ2) is 7.40. The number of aromatic nitrogens is 3. The zero-order chi connectivity index (χ0) is 24.5. The number of likely N-dealkylation sites (tertiary alicyclic amines) is 1. The van der Waals surface area contributed by atoms with Crippen LogP contribution in [-0.4, -0.2) is 57.4 Å². The number of sulfone groups is 1. The molecule has 3 aromatic rings. The molecule has 1 aliphatic rings. The van der Waals surface area contributed by atoms with Crippen molar-refractivity contribution in [1.82, 2.24) is 19.5 Å². The topological polar surface area (TPSA) is 131 Å². The van der Waals surface area contributed by atoms with E-state index in [2.05, 4.69) is 10.1 Å². The van der Waals surface area contributed by atoms with Crippen molar-refractivity contribution in [3.05, 3.63) is 34.5 Å². The minimum absolute atomic E-state index is 0.172. The molecule has 2 aromatic heterocycles. The van der Waals surface area contributed by atoms with Crippen LogP contribution in [0.1, 0.15) is 30.1 Å². The number of hydrogen-bond acceptors (Lipinski definition) is 7. The van der Waals surface area contributed by atoms with Crippen LogP contribution in [0.2, 0.25) is 0 Å². The first-order valence-corrected chi connectivity index (χ1v) is 12.1. The van der Waals surface area contributed by atoms with Crippen LogP contribution in [0.4, 0.5) is 18.0 Å². The number of urea groups is 1. The highest BCUT2D eigenvalue weighted by Crippen LogP contribution is 2.40. The van der Waals surface area contributed by atoms with Crippen LogP contribution < -0.4 is 5.73 Å². The van der Waals surface area contributed by atoms with Gasteiger partial charge in [-0.2, -0.15) is 18.3 Å². The number of fused-ring (bicyclic) bond motifs is 1. The fraction of sp³-hybridized carbons (Fsp3) is 0.421. The molecule has 3 heterocycles. The average molecular weight is 504 g/mol. The number of hydrogen-bond donors (Lipinski definition) is 2. The monoisotopic (exact) mass is 503 g/mol. The molecule has 0 bridgehead atoms. The molecule has 0 radical (unpaired) electrons. The first-order valence-electron chi connectivity index (χ1n) is 9.69. The van der Waals surface area contributed by atoms with Gasteiger partial charge in [-0.25, -0.2) is 22.7 Å². The number of imidazole rings is 1. The third-order valence-corrected chi connectivity index (χ3v) is 8.71. The summed E-state index contributed by atoms with van der Waals surface area (Å²) in [5.74, 6) is 0. The van der Waals surface area contributed by atoms with Crippen LogP contribution in [0.5, 0.6) is 0 Å². The van der Waals surface area contributed by atoms with Crippen molar-refractivity contribution < 1.29 is 31.5 Å². The maximum absolute atomic E-state index is 13.7. The molecular weight excluding hydrogens is 483 g/mol. The Labute approximate surface area is 190 Å². The van der Waals surface area contributed by atoms with E-state index in [9.17, 15) is 31.5 Å². The first-order chi connectivity index (χ1) is 15.1. The Balaban J connectivity index is 1.87. The van der Waals surface area contributed by atoms with E-state index in [4.69, 9.17) is 5.73 Å². The van der Waals surface area contributed by atoms with Crippen molar-refractivity contribution in [1.29, 1.82) is 0 Å². The maximum Gasteiger partial charge on any atom is 0.417 e. The zero-order valence-corrected chi connectivity index (χ0v) is 19.3. The van der Waals surface area contributed by atoms with Gasteiger partial charge in [-0.1, -0.05) is 17.4 Å². The summed E-state index contributed by atoms with van der Waals surface area (Å²) in [5, 5.41) is 13.7. The molecule has 14 heteroatoms. The predicted octanol–water partition coefficient (Wildman–Crippen LogP) is 2.55. The highest BCUT2D eigenvalue weighted by atomic mass is 32.2. The average Bonchev–Trinajstić information content (AvgIpc) is 3.15. The van der Waals surface area contributed by atoms with Crippen molar-refractivity contribution in [2.75, 3.05) is 13.1 Å². The Morgan fingerprint density at radius 2 is 1.91 bits per heavy atom. The molecule has 1 aliphatic heterocycles. The maximum atomic E-state index is 13.7. The number of alkyl halides is 3. The molecule has 2 amide bonds. The minimum Gasteiger partial charge on any atom is -0.383 e. The molecular formula is C19H20F3N5O4S2. The molecule has 0 spiro atoms. The molecule has 33 heavy (non-hydrogen) atoms. The number of benzene rings is 1. The van der Waals surface area contributed by atoms with Gasteiger partial charge in [0, 0.05) is 18.7 Å². The summed E-state index contributed by atoms with van der Waals surface area (Å²) in [6.45, 7) is 4.14. The second-order valence-electron chi connectivity index (χ2n) is 8.33. The zero-order valence-electron chi connectivity index (χ0n) is 17.7. The summed E-state index contributed by atoms with van der Waals surface area (Å²) in [4.78, 5) is 16.1. The molecule has 9 nitrogen and oxygen atoms in total. The Bertz CT molecular complexity index is 1370. The Morgan fingerprint density at radius 1 is 1.27 bits per heavy atom. The number of amides is 2. The second-order valence-corrected chi connectivity index (χ2v) is 11.5. The van der Waals surface area contributed by atoms with Gasteiger partial charge in [0.2, 0.25) is 4.96 Å². The number of carbonyl (C=O) groups excluding carboxylic acids is 1.